The first kappa shape index (κ1) is 18.8. The first-order chi connectivity index (χ1) is 12.9. The van der Waals surface area contributed by atoms with E-state index in [1.54, 1.807) is 18.7 Å². The molecule has 1 aliphatic rings. The fourth-order valence-corrected chi connectivity index (χ4v) is 3.41. The van der Waals surface area contributed by atoms with Gasteiger partial charge in [-0.3, -0.25) is 14.4 Å². The summed E-state index contributed by atoms with van der Waals surface area (Å²) in [6.45, 7) is 4.41. The fraction of sp³-hybridized carbons (Fsp3) is 0.400. The molecule has 2 amide bonds. The summed E-state index contributed by atoms with van der Waals surface area (Å²) >= 11 is 0. The first-order valence-corrected chi connectivity index (χ1v) is 9.14. The van der Waals surface area contributed by atoms with E-state index in [1.807, 2.05) is 30.3 Å². The third-order valence-electron chi connectivity index (χ3n) is 4.85. The number of aryl methyl sites for hydroxylation is 2. The van der Waals surface area contributed by atoms with Crippen molar-refractivity contribution in [3.05, 3.63) is 57.8 Å². The number of carbonyl (C=O) groups excluding carboxylic acids is 2. The van der Waals surface area contributed by atoms with Gasteiger partial charge in [0, 0.05) is 30.0 Å². The number of hydrogen-bond donors (Lipinski definition) is 2. The molecule has 0 bridgehead atoms. The second-order valence-electron chi connectivity index (χ2n) is 6.93. The number of nitrogens with zero attached hydrogens (tertiary/aromatic N) is 2. The average Bonchev–Trinajstić information content (AvgIpc) is 2.65. The minimum atomic E-state index is -0.274. The van der Waals surface area contributed by atoms with Crippen LogP contribution in [0, 0.1) is 19.8 Å². The summed E-state index contributed by atoms with van der Waals surface area (Å²) in [5.41, 5.74) is 1.43. The Kier molecular flexibility index (Phi) is 5.69. The van der Waals surface area contributed by atoms with Crippen LogP contribution in [0.3, 0.4) is 0 Å². The summed E-state index contributed by atoms with van der Waals surface area (Å²) < 4.78 is 0. The van der Waals surface area contributed by atoms with E-state index in [0.717, 1.165) is 18.5 Å². The van der Waals surface area contributed by atoms with Gasteiger partial charge in [0.1, 0.15) is 5.82 Å². The minimum absolute atomic E-state index is 0.00146. The van der Waals surface area contributed by atoms with Crippen molar-refractivity contribution in [2.45, 2.75) is 33.1 Å². The smallest absolute Gasteiger partial charge is 0.254 e. The SMILES string of the molecule is Cc1nc(C)c(CC(=O)N2CCC[C@@H](C(=O)Nc3ccccc3)C2)c(=O)[nH]1. The van der Waals surface area contributed by atoms with Crippen LogP contribution in [-0.4, -0.2) is 39.8 Å². The molecular formula is C20H24N4O3. The average molecular weight is 368 g/mol. The van der Waals surface area contributed by atoms with Gasteiger partial charge in [-0.25, -0.2) is 4.98 Å². The van der Waals surface area contributed by atoms with Gasteiger partial charge < -0.3 is 15.2 Å². The second-order valence-corrected chi connectivity index (χ2v) is 6.93. The van der Waals surface area contributed by atoms with Crippen molar-refractivity contribution in [2.75, 3.05) is 18.4 Å². The number of hydrogen-bond acceptors (Lipinski definition) is 4. The number of piperidine rings is 1. The van der Waals surface area contributed by atoms with Crippen LogP contribution in [-0.2, 0) is 16.0 Å². The number of H-pyrrole nitrogens is 1. The summed E-state index contributed by atoms with van der Waals surface area (Å²) in [7, 11) is 0. The summed E-state index contributed by atoms with van der Waals surface area (Å²) in [5.74, 6) is 0.0546. The lowest BCUT2D eigenvalue weighted by Crippen LogP contribution is -2.44. The van der Waals surface area contributed by atoms with E-state index in [1.165, 1.54) is 0 Å². The Labute approximate surface area is 157 Å². The Morgan fingerprint density at radius 2 is 2.00 bits per heavy atom. The molecule has 2 heterocycles. The summed E-state index contributed by atoms with van der Waals surface area (Å²) in [6.07, 6.45) is 1.51. The van der Waals surface area contributed by atoms with E-state index in [-0.39, 0.29) is 29.7 Å². The lowest BCUT2D eigenvalue weighted by atomic mass is 9.96. The van der Waals surface area contributed by atoms with Gasteiger partial charge >= 0.3 is 0 Å². The van der Waals surface area contributed by atoms with Crippen molar-refractivity contribution in [2.24, 2.45) is 5.92 Å². The molecule has 0 unspecified atom stereocenters. The molecule has 2 aromatic rings. The maximum absolute atomic E-state index is 12.7. The fourth-order valence-electron chi connectivity index (χ4n) is 3.41. The Morgan fingerprint density at radius 3 is 2.70 bits per heavy atom. The van der Waals surface area contributed by atoms with Crippen LogP contribution in [0.25, 0.3) is 0 Å². The van der Waals surface area contributed by atoms with Crippen molar-refractivity contribution in [1.29, 1.82) is 0 Å². The Balaban J connectivity index is 1.64. The number of aromatic nitrogens is 2. The van der Waals surface area contributed by atoms with Crippen LogP contribution in [0.4, 0.5) is 5.69 Å². The maximum Gasteiger partial charge on any atom is 0.254 e. The summed E-state index contributed by atoms with van der Waals surface area (Å²) in [5, 5.41) is 2.90. The quantitative estimate of drug-likeness (QED) is 0.860. The van der Waals surface area contributed by atoms with E-state index < -0.39 is 0 Å². The van der Waals surface area contributed by atoms with Gasteiger partial charge in [-0.2, -0.15) is 0 Å². The number of benzene rings is 1. The molecule has 1 aromatic carbocycles. The third-order valence-corrected chi connectivity index (χ3v) is 4.85. The highest BCUT2D eigenvalue weighted by Crippen LogP contribution is 2.19. The Bertz CT molecular complexity index is 892. The number of likely N-dealkylation sites (tertiary alicyclic amines) is 1. The number of anilines is 1. The van der Waals surface area contributed by atoms with Gasteiger partial charge in [0.2, 0.25) is 11.8 Å². The maximum atomic E-state index is 12.7. The standard InChI is InChI=1S/C20H24N4O3/c1-13-17(20(27)22-14(2)21-13)11-18(25)24-10-6-7-15(12-24)19(26)23-16-8-4-3-5-9-16/h3-5,8-9,15H,6-7,10-12H2,1-2H3,(H,23,26)(H,21,22,27)/t15-/m1/s1. The molecule has 7 nitrogen and oxygen atoms in total. The van der Waals surface area contributed by atoms with Crippen molar-refractivity contribution < 1.29 is 9.59 Å². The van der Waals surface area contributed by atoms with Crippen LogP contribution >= 0.6 is 0 Å². The largest absolute Gasteiger partial charge is 0.342 e. The van der Waals surface area contributed by atoms with E-state index in [9.17, 15) is 14.4 Å². The van der Waals surface area contributed by atoms with Gasteiger partial charge in [0.25, 0.3) is 5.56 Å². The van der Waals surface area contributed by atoms with Gasteiger partial charge in [-0.05, 0) is 38.8 Å². The van der Waals surface area contributed by atoms with Crippen molar-refractivity contribution in [3.63, 3.8) is 0 Å². The predicted molar refractivity (Wildman–Crippen MR) is 102 cm³/mol. The number of rotatable bonds is 4. The molecule has 0 radical (unpaired) electrons. The van der Waals surface area contributed by atoms with Crippen LogP contribution in [0.2, 0.25) is 0 Å². The van der Waals surface area contributed by atoms with Crippen LogP contribution in [0.1, 0.15) is 29.9 Å². The summed E-state index contributed by atoms with van der Waals surface area (Å²) in [4.78, 5) is 45.9. The van der Waals surface area contributed by atoms with E-state index in [0.29, 0.717) is 30.2 Å². The number of para-hydroxylation sites is 1. The molecule has 2 N–H and O–H groups in total. The molecule has 0 saturated carbocycles. The lowest BCUT2D eigenvalue weighted by molar-refractivity contribution is -0.134. The van der Waals surface area contributed by atoms with Gasteiger partial charge in [-0.15, -0.1) is 0 Å². The molecule has 0 aliphatic carbocycles. The highest BCUT2D eigenvalue weighted by atomic mass is 16.2. The zero-order valence-electron chi connectivity index (χ0n) is 15.6. The van der Waals surface area contributed by atoms with E-state index >= 15 is 0 Å². The van der Waals surface area contributed by atoms with Gasteiger partial charge in [0.15, 0.2) is 0 Å². The lowest BCUT2D eigenvalue weighted by Gasteiger charge is -2.32. The van der Waals surface area contributed by atoms with Crippen molar-refractivity contribution >= 4 is 17.5 Å². The number of amides is 2. The topological polar surface area (TPSA) is 95.2 Å². The second kappa shape index (κ2) is 8.16. The van der Waals surface area contributed by atoms with Crippen molar-refractivity contribution in [1.82, 2.24) is 14.9 Å². The van der Waals surface area contributed by atoms with E-state index in [2.05, 4.69) is 15.3 Å². The Morgan fingerprint density at radius 1 is 1.26 bits per heavy atom. The van der Waals surface area contributed by atoms with Crippen LogP contribution in [0.5, 0.6) is 0 Å². The highest BCUT2D eigenvalue weighted by molar-refractivity contribution is 5.93. The molecular weight excluding hydrogens is 344 g/mol. The van der Waals surface area contributed by atoms with Crippen molar-refractivity contribution in [3.8, 4) is 0 Å². The van der Waals surface area contributed by atoms with Crippen LogP contribution < -0.4 is 10.9 Å². The normalized spacial score (nSPS) is 16.8. The monoisotopic (exact) mass is 368 g/mol. The van der Waals surface area contributed by atoms with Gasteiger partial charge in [0.05, 0.1) is 12.3 Å². The molecule has 27 heavy (non-hydrogen) atoms. The molecule has 142 valence electrons. The minimum Gasteiger partial charge on any atom is -0.342 e. The predicted octanol–water partition coefficient (Wildman–Crippen LogP) is 1.81. The number of aromatic amines is 1. The third kappa shape index (κ3) is 4.61. The molecule has 7 heteroatoms. The highest BCUT2D eigenvalue weighted by Gasteiger charge is 2.29. The molecule has 1 aliphatic heterocycles. The molecule has 1 fully saturated rings. The zero-order valence-corrected chi connectivity index (χ0v) is 15.6. The van der Waals surface area contributed by atoms with Crippen LogP contribution in [0.15, 0.2) is 35.1 Å². The molecule has 3 rings (SSSR count). The number of carbonyl (C=O) groups is 2. The molecule has 0 spiro atoms. The van der Waals surface area contributed by atoms with Gasteiger partial charge in [-0.1, -0.05) is 18.2 Å². The number of nitrogens with one attached hydrogen (secondary N) is 2. The van der Waals surface area contributed by atoms with E-state index in [4.69, 9.17) is 0 Å². The molecule has 1 aromatic heterocycles. The first-order valence-electron chi connectivity index (χ1n) is 9.14. The Hall–Kier alpha value is -2.96. The zero-order chi connectivity index (χ0) is 19.4. The molecule has 1 atom stereocenters. The summed E-state index contributed by atoms with van der Waals surface area (Å²) in [6, 6.07) is 9.29. The molecule has 1 saturated heterocycles.